The number of aromatic nitrogens is 2. The number of hydrogen-bond acceptors (Lipinski definition) is 4. The summed E-state index contributed by atoms with van der Waals surface area (Å²) in [7, 11) is 0. The van der Waals surface area contributed by atoms with Gasteiger partial charge in [0.05, 0.1) is 10.6 Å². The van der Waals surface area contributed by atoms with Crippen molar-refractivity contribution < 1.29 is 5.53 Å². The highest BCUT2D eigenvalue weighted by atomic mass is 15.3. The third-order valence-electron chi connectivity index (χ3n) is 4.09. The van der Waals surface area contributed by atoms with Crippen LogP contribution in [0.2, 0.25) is 0 Å². The minimum Gasteiger partial charge on any atom is -0.360 e. The van der Waals surface area contributed by atoms with Gasteiger partial charge in [-0.1, -0.05) is 24.3 Å². The number of hydrogen-bond donors (Lipinski definition) is 3. The minimum atomic E-state index is 0.236. The van der Waals surface area contributed by atoms with E-state index in [9.17, 15) is 0 Å². The Bertz CT molecular complexity index is 1140. The highest BCUT2D eigenvalue weighted by Gasteiger charge is 2.12. The molecule has 0 amide bonds. The average molecular weight is 342 g/mol. The fourth-order valence-electron chi connectivity index (χ4n) is 2.88. The topological polar surface area (TPSA) is 114 Å². The van der Waals surface area contributed by atoms with E-state index in [1.165, 1.54) is 0 Å². The van der Waals surface area contributed by atoms with Gasteiger partial charge >= 0.3 is 0 Å². The molecule has 5 N–H and O–H groups in total. The number of pyridine rings is 2. The maximum atomic E-state index is 5.89. The first kappa shape index (κ1) is 15.6. The van der Waals surface area contributed by atoms with Crippen LogP contribution in [0.3, 0.4) is 0 Å². The standard InChI is InChI=1S/C19H15N7/c20-18(25-26-21)12-6-7-14-16-11-22-9-8-15(16)19(24-17(14)10-12)23-13-4-2-1-3-5-13/h1-11H,(H,23,24)(H3,20,21,25)/p+1. The number of para-hydroxylation sites is 1. The molecule has 0 saturated heterocycles. The van der Waals surface area contributed by atoms with Crippen molar-refractivity contribution in [1.82, 2.24) is 9.97 Å². The van der Waals surface area contributed by atoms with Crippen molar-refractivity contribution in [2.45, 2.75) is 0 Å². The van der Waals surface area contributed by atoms with Crippen LogP contribution < -0.4 is 16.6 Å². The zero-order valence-corrected chi connectivity index (χ0v) is 13.8. The Labute approximate surface area is 149 Å². The number of nitrogens with one attached hydrogen (secondary N) is 1. The summed E-state index contributed by atoms with van der Waals surface area (Å²) in [5.41, 5.74) is 13.4. The molecule has 0 aliphatic carbocycles. The van der Waals surface area contributed by atoms with Gasteiger partial charge < -0.3 is 11.1 Å². The van der Waals surface area contributed by atoms with E-state index >= 15 is 0 Å². The normalized spacial score (nSPS) is 11.6. The van der Waals surface area contributed by atoms with Gasteiger partial charge in [0.15, 0.2) is 0 Å². The monoisotopic (exact) mass is 342 g/mol. The lowest BCUT2D eigenvalue weighted by molar-refractivity contribution is -0.221. The summed E-state index contributed by atoms with van der Waals surface area (Å²) in [6.45, 7) is 0. The second-order valence-corrected chi connectivity index (χ2v) is 5.71. The highest BCUT2D eigenvalue weighted by molar-refractivity contribution is 6.11. The molecular formula is C19H16N7+. The fraction of sp³-hybridized carbons (Fsp3) is 0. The molecule has 0 saturated carbocycles. The first-order valence-electron chi connectivity index (χ1n) is 7.99. The second kappa shape index (κ2) is 6.56. The molecule has 4 rings (SSSR count). The van der Waals surface area contributed by atoms with E-state index in [1.54, 1.807) is 6.20 Å². The van der Waals surface area contributed by atoms with Crippen molar-refractivity contribution in [3.63, 3.8) is 0 Å². The maximum Gasteiger partial charge on any atom is 0.273 e. The maximum absolute atomic E-state index is 5.89. The van der Waals surface area contributed by atoms with Gasteiger partial charge in [-0.3, -0.25) is 4.98 Å². The van der Waals surface area contributed by atoms with Crippen LogP contribution in [-0.4, -0.2) is 15.8 Å². The lowest BCUT2D eigenvalue weighted by atomic mass is 10.1. The summed E-state index contributed by atoms with van der Waals surface area (Å²) >= 11 is 0. The predicted octanol–water partition coefficient (Wildman–Crippen LogP) is 2.36. The zero-order chi connectivity index (χ0) is 17.9. The molecule has 0 bridgehead atoms. The molecule has 4 aromatic rings. The third kappa shape index (κ3) is 2.82. The zero-order valence-electron chi connectivity index (χ0n) is 13.8. The van der Waals surface area contributed by atoms with Crippen LogP contribution in [0, 0.1) is 0 Å². The molecule has 0 aliphatic rings. The Morgan fingerprint density at radius 1 is 1.00 bits per heavy atom. The predicted molar refractivity (Wildman–Crippen MR) is 102 cm³/mol. The summed E-state index contributed by atoms with van der Waals surface area (Å²) in [5, 5.41) is 13.3. The van der Waals surface area contributed by atoms with Crippen molar-refractivity contribution in [3.8, 4) is 0 Å². The largest absolute Gasteiger partial charge is 0.360 e. The molecule has 2 heterocycles. The van der Waals surface area contributed by atoms with E-state index in [4.69, 9.17) is 16.2 Å². The van der Waals surface area contributed by atoms with Crippen molar-refractivity contribution >= 4 is 39.0 Å². The Morgan fingerprint density at radius 2 is 1.85 bits per heavy atom. The van der Waals surface area contributed by atoms with Crippen LogP contribution in [-0.2, 0) is 0 Å². The first-order chi connectivity index (χ1) is 12.8. The number of anilines is 2. The number of amidine groups is 1. The number of rotatable bonds is 4. The van der Waals surface area contributed by atoms with Crippen molar-refractivity contribution in [3.05, 3.63) is 72.6 Å². The summed E-state index contributed by atoms with van der Waals surface area (Å²) in [6, 6.07) is 17.5. The summed E-state index contributed by atoms with van der Waals surface area (Å²) in [6.07, 6.45) is 3.59. The molecule has 2 aromatic carbocycles. The SMILES string of the molecule is N/C(=N\N=[NH2+])c1ccc2c(c1)nc(Nc1ccccc1)c1ccncc12. The quantitative estimate of drug-likeness (QED) is 0.174. The molecule has 0 unspecified atom stereocenters. The molecule has 7 nitrogen and oxygen atoms in total. The van der Waals surface area contributed by atoms with E-state index in [1.807, 2.05) is 60.8 Å². The van der Waals surface area contributed by atoms with Crippen LogP contribution >= 0.6 is 0 Å². The molecule has 7 heteroatoms. The summed E-state index contributed by atoms with van der Waals surface area (Å²) in [5.74, 6) is 0.984. The van der Waals surface area contributed by atoms with Gasteiger partial charge in [0.25, 0.3) is 5.84 Å². The Kier molecular flexibility index (Phi) is 3.95. The molecule has 2 aromatic heterocycles. The number of fused-ring (bicyclic) bond motifs is 3. The minimum absolute atomic E-state index is 0.236. The van der Waals surface area contributed by atoms with Crippen LogP contribution in [0.15, 0.2) is 77.3 Å². The third-order valence-corrected chi connectivity index (χ3v) is 4.09. The van der Waals surface area contributed by atoms with Gasteiger partial charge in [-0.25, -0.2) is 4.98 Å². The number of nitrogens with zero attached hydrogens (tertiary/aromatic N) is 4. The van der Waals surface area contributed by atoms with Gasteiger partial charge in [-0.05, 0) is 30.3 Å². The smallest absolute Gasteiger partial charge is 0.273 e. The van der Waals surface area contributed by atoms with Gasteiger partial charge in [0, 0.05) is 39.8 Å². The molecule has 0 atom stereocenters. The highest BCUT2D eigenvalue weighted by Crippen LogP contribution is 2.30. The van der Waals surface area contributed by atoms with Gasteiger partial charge in [-0.15, -0.1) is 0 Å². The molecular weight excluding hydrogens is 326 g/mol. The van der Waals surface area contributed by atoms with E-state index in [-0.39, 0.29) is 5.84 Å². The number of benzene rings is 2. The summed E-state index contributed by atoms with van der Waals surface area (Å²) in [4.78, 5) is 9.05. The van der Waals surface area contributed by atoms with Crippen LogP contribution in [0.25, 0.3) is 21.7 Å². The Morgan fingerprint density at radius 3 is 2.65 bits per heavy atom. The molecule has 0 aliphatic heterocycles. The first-order valence-corrected chi connectivity index (χ1v) is 7.99. The molecule has 0 spiro atoms. The van der Waals surface area contributed by atoms with E-state index in [0.717, 1.165) is 33.2 Å². The van der Waals surface area contributed by atoms with Gasteiger partial charge in [-0.2, -0.15) is 5.53 Å². The van der Waals surface area contributed by atoms with Crippen molar-refractivity contribution in [2.24, 2.45) is 16.1 Å². The molecule has 26 heavy (non-hydrogen) atoms. The second-order valence-electron chi connectivity index (χ2n) is 5.71. The van der Waals surface area contributed by atoms with Gasteiger partial charge in [0.2, 0.25) is 0 Å². The Balaban J connectivity index is 1.94. The lowest BCUT2D eigenvalue weighted by Gasteiger charge is -2.11. The van der Waals surface area contributed by atoms with Crippen LogP contribution in [0.5, 0.6) is 0 Å². The van der Waals surface area contributed by atoms with Crippen molar-refractivity contribution in [2.75, 3.05) is 5.32 Å². The van der Waals surface area contributed by atoms with E-state index < -0.39 is 0 Å². The molecule has 0 radical (unpaired) electrons. The fourth-order valence-corrected chi connectivity index (χ4v) is 2.88. The molecule has 126 valence electrons. The number of nitrogens with two attached hydrogens (primary N) is 2. The lowest BCUT2D eigenvalue weighted by Crippen LogP contribution is -2.23. The van der Waals surface area contributed by atoms with Crippen LogP contribution in [0.4, 0.5) is 11.5 Å². The Hall–Kier alpha value is -3.87. The van der Waals surface area contributed by atoms with E-state index in [2.05, 4.69) is 20.6 Å². The van der Waals surface area contributed by atoms with Crippen molar-refractivity contribution in [1.29, 1.82) is 0 Å². The average Bonchev–Trinajstić information content (AvgIpc) is 2.69. The van der Waals surface area contributed by atoms with Gasteiger partial charge in [0.1, 0.15) is 11.0 Å². The van der Waals surface area contributed by atoms with E-state index in [0.29, 0.717) is 5.56 Å². The summed E-state index contributed by atoms with van der Waals surface area (Å²) < 4.78 is 0. The van der Waals surface area contributed by atoms with Crippen LogP contribution in [0.1, 0.15) is 5.56 Å². The molecule has 0 fully saturated rings.